The number of piperidine rings is 1. The number of halogens is 2. The molecule has 0 bridgehead atoms. The highest BCUT2D eigenvalue weighted by Gasteiger charge is 2.45. The Morgan fingerprint density at radius 2 is 1.86 bits per heavy atom. The van der Waals surface area contributed by atoms with E-state index in [1.165, 1.54) is 12.1 Å². The van der Waals surface area contributed by atoms with Crippen LogP contribution in [0, 0.1) is 12.8 Å². The topological polar surface area (TPSA) is 87.3 Å². The van der Waals surface area contributed by atoms with Crippen LogP contribution in [0.1, 0.15) is 29.9 Å². The van der Waals surface area contributed by atoms with Crippen molar-refractivity contribution >= 4 is 32.4 Å². The van der Waals surface area contributed by atoms with Crippen LogP contribution < -0.4 is 15.4 Å². The van der Waals surface area contributed by atoms with Crippen molar-refractivity contribution in [3.05, 3.63) is 71.8 Å². The van der Waals surface area contributed by atoms with E-state index in [9.17, 15) is 22.0 Å². The lowest BCUT2D eigenvalue weighted by Gasteiger charge is -2.32. The van der Waals surface area contributed by atoms with Gasteiger partial charge < -0.3 is 10.6 Å². The number of amides is 1. The van der Waals surface area contributed by atoms with Crippen LogP contribution in [0.5, 0.6) is 0 Å². The van der Waals surface area contributed by atoms with Crippen molar-refractivity contribution in [2.45, 2.75) is 42.5 Å². The Morgan fingerprint density at radius 3 is 2.60 bits per heavy atom. The number of hydrogen-bond acceptors (Lipinski definition) is 4. The fourth-order valence-electron chi connectivity index (χ4n) is 4.73. The number of hydrogen-bond donors (Lipinski definition) is 3. The third kappa shape index (κ3) is 4.94. The van der Waals surface area contributed by atoms with Gasteiger partial charge in [-0.25, -0.2) is 21.9 Å². The average molecular weight is 500 g/mol. The van der Waals surface area contributed by atoms with Crippen LogP contribution in [-0.4, -0.2) is 39.4 Å². The highest BCUT2D eigenvalue weighted by atomic mass is 32.2. The SMILES string of the molecule is Cc1cccc2ccc(NC(=O)[C@@H]3C[C@H]3c3ccc(S(=O)(=O)NC4CCNCC4(F)F)cc3)cc12. The van der Waals surface area contributed by atoms with Crippen molar-refractivity contribution in [2.75, 3.05) is 18.4 Å². The normalized spacial score (nSPS) is 23.7. The lowest BCUT2D eigenvalue weighted by atomic mass is 10.0. The second-order valence-corrected chi connectivity index (χ2v) is 11.1. The number of anilines is 1. The summed E-state index contributed by atoms with van der Waals surface area (Å²) in [6, 6.07) is 16.6. The summed E-state index contributed by atoms with van der Waals surface area (Å²) in [6.45, 7) is 1.80. The Hall–Kier alpha value is -2.88. The minimum Gasteiger partial charge on any atom is -0.326 e. The number of carbonyl (C=O) groups is 1. The van der Waals surface area contributed by atoms with Gasteiger partial charge in [-0.15, -0.1) is 0 Å². The number of aryl methyl sites for hydroxylation is 1. The van der Waals surface area contributed by atoms with E-state index in [4.69, 9.17) is 0 Å². The first-order valence-electron chi connectivity index (χ1n) is 11.7. The van der Waals surface area contributed by atoms with Gasteiger partial charge in [0.05, 0.1) is 17.5 Å². The van der Waals surface area contributed by atoms with Gasteiger partial charge in [0, 0.05) is 11.6 Å². The van der Waals surface area contributed by atoms with Gasteiger partial charge in [-0.05, 0) is 78.4 Å². The quantitative estimate of drug-likeness (QED) is 0.475. The maximum Gasteiger partial charge on any atom is 0.276 e. The molecule has 5 rings (SSSR count). The summed E-state index contributed by atoms with van der Waals surface area (Å²) in [4.78, 5) is 12.7. The van der Waals surface area contributed by atoms with Crippen molar-refractivity contribution in [1.29, 1.82) is 0 Å². The van der Waals surface area contributed by atoms with Crippen LogP contribution in [0.4, 0.5) is 14.5 Å². The van der Waals surface area contributed by atoms with E-state index in [0.29, 0.717) is 13.0 Å². The molecular weight excluding hydrogens is 472 g/mol. The fourth-order valence-corrected chi connectivity index (χ4v) is 6.02. The number of carbonyl (C=O) groups excluding carboxylic acids is 1. The number of fused-ring (bicyclic) bond motifs is 1. The molecule has 6 nitrogen and oxygen atoms in total. The highest BCUT2D eigenvalue weighted by Crippen LogP contribution is 2.48. The molecule has 0 aromatic heterocycles. The first-order valence-corrected chi connectivity index (χ1v) is 13.1. The molecule has 184 valence electrons. The lowest BCUT2D eigenvalue weighted by molar-refractivity contribution is -0.117. The standard InChI is InChI=1S/C26H27F2N3O3S/c1-16-3-2-4-17-5-8-19(13-21(16)17)30-25(32)23-14-22(23)18-6-9-20(10-7-18)35(33,34)31-24-11-12-29-15-26(24,27)28/h2-10,13,22-24,29,31H,11-12,14-15H2,1H3,(H,30,32)/t22-,23+,24?/m0/s1. The van der Waals surface area contributed by atoms with E-state index >= 15 is 0 Å². The van der Waals surface area contributed by atoms with Gasteiger partial charge in [-0.2, -0.15) is 0 Å². The first-order chi connectivity index (χ1) is 16.6. The molecule has 3 atom stereocenters. The number of sulfonamides is 1. The molecule has 3 aromatic rings. The molecule has 0 spiro atoms. The van der Waals surface area contributed by atoms with Gasteiger partial charge in [0.2, 0.25) is 15.9 Å². The zero-order valence-electron chi connectivity index (χ0n) is 19.2. The van der Waals surface area contributed by atoms with Crippen LogP contribution in [0.25, 0.3) is 10.8 Å². The summed E-state index contributed by atoms with van der Waals surface area (Å²) in [5.74, 6) is -3.43. The lowest BCUT2D eigenvalue weighted by Crippen LogP contribution is -2.57. The predicted molar refractivity (Wildman–Crippen MR) is 131 cm³/mol. The molecule has 2 aliphatic rings. The van der Waals surface area contributed by atoms with E-state index in [-0.39, 0.29) is 29.1 Å². The van der Waals surface area contributed by atoms with Gasteiger partial charge in [0.15, 0.2) is 0 Å². The molecule has 1 heterocycles. The minimum absolute atomic E-state index is 0.00402. The average Bonchev–Trinajstić information content (AvgIpc) is 3.62. The van der Waals surface area contributed by atoms with E-state index in [1.54, 1.807) is 12.1 Å². The summed E-state index contributed by atoms with van der Waals surface area (Å²) in [7, 11) is -4.08. The third-order valence-corrected chi connectivity index (χ3v) is 8.38. The Morgan fingerprint density at radius 1 is 1.09 bits per heavy atom. The molecule has 1 amide bonds. The van der Waals surface area contributed by atoms with Crippen LogP contribution >= 0.6 is 0 Å². The van der Waals surface area contributed by atoms with Crippen molar-refractivity contribution in [3.8, 4) is 0 Å². The van der Waals surface area contributed by atoms with E-state index in [0.717, 1.165) is 27.6 Å². The van der Waals surface area contributed by atoms with Crippen LogP contribution in [0.15, 0.2) is 65.6 Å². The predicted octanol–water partition coefficient (Wildman–Crippen LogP) is 4.17. The summed E-state index contributed by atoms with van der Waals surface area (Å²) in [5.41, 5.74) is 2.73. The minimum atomic E-state index is -4.08. The van der Waals surface area contributed by atoms with Crippen molar-refractivity contribution < 1.29 is 22.0 Å². The first kappa shape index (κ1) is 23.8. The molecule has 3 aromatic carbocycles. The smallest absolute Gasteiger partial charge is 0.276 e. The largest absolute Gasteiger partial charge is 0.326 e. The Balaban J connectivity index is 1.23. The van der Waals surface area contributed by atoms with E-state index < -0.39 is 28.5 Å². The van der Waals surface area contributed by atoms with E-state index in [2.05, 4.69) is 15.4 Å². The summed E-state index contributed by atoms with van der Waals surface area (Å²) in [6.07, 6.45) is 0.685. The molecule has 1 aliphatic carbocycles. The van der Waals surface area contributed by atoms with Crippen molar-refractivity contribution in [2.24, 2.45) is 5.92 Å². The molecule has 2 fully saturated rings. The van der Waals surface area contributed by atoms with E-state index in [1.807, 2.05) is 43.3 Å². The number of nitrogens with one attached hydrogen (secondary N) is 3. The highest BCUT2D eigenvalue weighted by molar-refractivity contribution is 7.89. The van der Waals surface area contributed by atoms with Gasteiger partial charge in [-0.1, -0.05) is 36.4 Å². The molecule has 1 aliphatic heterocycles. The fraction of sp³-hybridized carbons (Fsp3) is 0.346. The summed E-state index contributed by atoms with van der Waals surface area (Å²) >= 11 is 0. The monoisotopic (exact) mass is 499 g/mol. The molecule has 1 unspecified atom stereocenters. The molecule has 35 heavy (non-hydrogen) atoms. The van der Waals surface area contributed by atoms with Gasteiger partial charge >= 0.3 is 0 Å². The van der Waals surface area contributed by atoms with Gasteiger partial charge in [-0.3, -0.25) is 4.79 Å². The molecule has 1 saturated heterocycles. The Bertz CT molecular complexity index is 1380. The second-order valence-electron chi connectivity index (χ2n) is 9.42. The second kappa shape index (κ2) is 8.96. The van der Waals surface area contributed by atoms with Crippen LogP contribution in [0.2, 0.25) is 0 Å². The van der Waals surface area contributed by atoms with Crippen LogP contribution in [0.3, 0.4) is 0 Å². The Kier molecular flexibility index (Phi) is 6.11. The zero-order chi connectivity index (χ0) is 24.8. The molecule has 9 heteroatoms. The van der Waals surface area contributed by atoms with Gasteiger partial charge in [0.1, 0.15) is 0 Å². The van der Waals surface area contributed by atoms with Crippen molar-refractivity contribution in [3.63, 3.8) is 0 Å². The Labute approximate surface area is 203 Å². The van der Waals surface area contributed by atoms with Crippen LogP contribution in [-0.2, 0) is 14.8 Å². The van der Waals surface area contributed by atoms with Crippen molar-refractivity contribution in [1.82, 2.24) is 10.0 Å². The number of alkyl halides is 2. The molecule has 3 N–H and O–H groups in total. The zero-order valence-corrected chi connectivity index (χ0v) is 20.0. The maximum atomic E-state index is 14.0. The van der Waals surface area contributed by atoms with Gasteiger partial charge in [0.25, 0.3) is 5.92 Å². The summed E-state index contributed by atoms with van der Waals surface area (Å²) < 4.78 is 55.5. The maximum absolute atomic E-state index is 14.0. The number of rotatable bonds is 6. The molecular formula is C26H27F2N3O3S. The number of benzene rings is 3. The summed E-state index contributed by atoms with van der Waals surface area (Å²) in [5, 5.41) is 7.77. The molecule has 1 saturated carbocycles. The molecule has 0 radical (unpaired) electrons. The third-order valence-electron chi connectivity index (χ3n) is 6.89.